The number of carbonyl (C=O) groups is 2. The van der Waals surface area contributed by atoms with Gasteiger partial charge in [-0.3, -0.25) is 4.90 Å². The van der Waals surface area contributed by atoms with Crippen molar-refractivity contribution in [3.05, 3.63) is 11.6 Å². The third-order valence-electron chi connectivity index (χ3n) is 2.54. The number of aliphatic hydroxyl groups is 1. The Morgan fingerprint density at radius 2 is 2.11 bits per heavy atom. The lowest BCUT2D eigenvalue weighted by Gasteiger charge is -2.34. The topological polar surface area (TPSA) is 87.1 Å². The van der Waals surface area contributed by atoms with Gasteiger partial charge >= 0.3 is 12.1 Å². The monoisotopic (exact) mass is 257 g/mol. The van der Waals surface area contributed by atoms with E-state index in [-0.39, 0.29) is 25.1 Å². The van der Waals surface area contributed by atoms with Crippen molar-refractivity contribution in [3.8, 4) is 0 Å². The van der Waals surface area contributed by atoms with Crippen LogP contribution in [0.3, 0.4) is 0 Å². The van der Waals surface area contributed by atoms with Crippen LogP contribution in [0.15, 0.2) is 11.6 Å². The fourth-order valence-electron chi connectivity index (χ4n) is 1.69. The number of aliphatic hydroxyl groups excluding tert-OH is 1. The molecule has 1 amide bonds. The largest absolute Gasteiger partial charge is 0.478 e. The zero-order chi connectivity index (χ0) is 13.9. The van der Waals surface area contributed by atoms with Crippen LogP contribution in [-0.2, 0) is 9.53 Å². The molecule has 0 aromatic rings. The van der Waals surface area contributed by atoms with Crippen LogP contribution in [0, 0.1) is 0 Å². The first-order chi connectivity index (χ1) is 8.24. The molecule has 1 aliphatic rings. The number of aliphatic carboxylic acids is 1. The Kier molecular flexibility index (Phi) is 4.34. The molecule has 18 heavy (non-hydrogen) atoms. The summed E-state index contributed by atoms with van der Waals surface area (Å²) in [5.74, 6) is -1.02. The average molecular weight is 257 g/mol. The fraction of sp³-hybridized carbons (Fsp3) is 0.667. The minimum Gasteiger partial charge on any atom is -0.478 e. The van der Waals surface area contributed by atoms with Gasteiger partial charge in [-0.1, -0.05) is 6.08 Å². The van der Waals surface area contributed by atoms with E-state index in [2.05, 4.69) is 0 Å². The van der Waals surface area contributed by atoms with E-state index in [0.717, 1.165) is 0 Å². The van der Waals surface area contributed by atoms with Gasteiger partial charge in [0, 0.05) is 18.5 Å². The van der Waals surface area contributed by atoms with Crippen LogP contribution in [0.1, 0.15) is 27.2 Å². The van der Waals surface area contributed by atoms with Crippen molar-refractivity contribution in [3.63, 3.8) is 0 Å². The fourth-order valence-corrected chi connectivity index (χ4v) is 1.69. The van der Waals surface area contributed by atoms with Crippen molar-refractivity contribution in [2.45, 2.75) is 38.8 Å². The number of amides is 1. The Morgan fingerprint density at radius 1 is 1.50 bits per heavy atom. The summed E-state index contributed by atoms with van der Waals surface area (Å²) in [7, 11) is 0. The summed E-state index contributed by atoms with van der Waals surface area (Å²) in [6.07, 6.45) is 1.06. The van der Waals surface area contributed by atoms with Gasteiger partial charge in [-0.15, -0.1) is 0 Å². The highest BCUT2D eigenvalue weighted by Crippen LogP contribution is 2.20. The molecule has 0 aromatic carbocycles. The van der Waals surface area contributed by atoms with E-state index in [0.29, 0.717) is 0 Å². The summed E-state index contributed by atoms with van der Waals surface area (Å²) >= 11 is 0. The molecule has 1 rings (SSSR count). The van der Waals surface area contributed by atoms with E-state index in [1.807, 2.05) is 0 Å². The number of nitrogens with zero attached hydrogens (tertiary/aromatic N) is 1. The Balaban J connectivity index is 2.78. The summed E-state index contributed by atoms with van der Waals surface area (Å²) in [6, 6.07) is -0.545. The van der Waals surface area contributed by atoms with Gasteiger partial charge < -0.3 is 14.9 Å². The second kappa shape index (κ2) is 5.39. The molecular formula is C12H19NO5. The molecule has 2 N–H and O–H groups in total. The molecule has 0 aliphatic carbocycles. The third kappa shape index (κ3) is 3.73. The zero-order valence-electron chi connectivity index (χ0n) is 10.8. The van der Waals surface area contributed by atoms with Crippen LogP contribution in [-0.4, -0.2) is 52.0 Å². The summed E-state index contributed by atoms with van der Waals surface area (Å²) < 4.78 is 5.20. The van der Waals surface area contributed by atoms with Crippen LogP contribution in [0.4, 0.5) is 4.79 Å². The van der Waals surface area contributed by atoms with Gasteiger partial charge in [-0.2, -0.15) is 0 Å². The minimum atomic E-state index is -1.02. The number of carbonyl (C=O) groups excluding carboxylic acids is 1. The first kappa shape index (κ1) is 14.5. The summed E-state index contributed by atoms with van der Waals surface area (Å²) in [5, 5.41) is 18.1. The first-order valence-corrected chi connectivity index (χ1v) is 5.77. The van der Waals surface area contributed by atoms with Gasteiger partial charge in [0.05, 0.1) is 12.6 Å². The molecule has 102 valence electrons. The smallest absolute Gasteiger partial charge is 0.410 e. The molecule has 6 nitrogen and oxygen atoms in total. The van der Waals surface area contributed by atoms with E-state index in [1.165, 1.54) is 11.0 Å². The molecule has 0 aromatic heterocycles. The van der Waals surface area contributed by atoms with Gasteiger partial charge in [-0.05, 0) is 20.8 Å². The number of rotatable bonds is 2. The molecular weight excluding hydrogens is 238 g/mol. The maximum atomic E-state index is 11.9. The van der Waals surface area contributed by atoms with E-state index >= 15 is 0 Å². The lowest BCUT2D eigenvalue weighted by molar-refractivity contribution is -0.133. The van der Waals surface area contributed by atoms with E-state index in [1.54, 1.807) is 20.8 Å². The highest BCUT2D eigenvalue weighted by Gasteiger charge is 2.31. The number of carboxylic acid groups (broad SMARTS) is 1. The molecule has 0 fully saturated rings. The predicted molar refractivity (Wildman–Crippen MR) is 64.1 cm³/mol. The Hall–Kier alpha value is -1.56. The second-order valence-corrected chi connectivity index (χ2v) is 5.21. The molecule has 0 spiro atoms. The maximum Gasteiger partial charge on any atom is 0.410 e. The van der Waals surface area contributed by atoms with Gasteiger partial charge in [0.15, 0.2) is 0 Å². The predicted octanol–water partition coefficient (Wildman–Crippen LogP) is 0.999. The average Bonchev–Trinajstić information content (AvgIpc) is 2.25. The zero-order valence-corrected chi connectivity index (χ0v) is 10.8. The number of ether oxygens (including phenoxy) is 1. The van der Waals surface area contributed by atoms with Crippen molar-refractivity contribution in [1.82, 2.24) is 4.90 Å². The normalized spacial score (nSPS) is 20.3. The van der Waals surface area contributed by atoms with E-state index in [4.69, 9.17) is 9.84 Å². The van der Waals surface area contributed by atoms with E-state index < -0.39 is 23.7 Å². The number of hydrogen-bond donors (Lipinski definition) is 2. The van der Waals surface area contributed by atoms with Crippen molar-refractivity contribution < 1.29 is 24.5 Å². The first-order valence-electron chi connectivity index (χ1n) is 5.77. The Labute approximate surface area is 106 Å². The molecule has 0 saturated carbocycles. The highest BCUT2D eigenvalue weighted by atomic mass is 16.6. The minimum absolute atomic E-state index is 0.130. The van der Waals surface area contributed by atoms with E-state index in [9.17, 15) is 14.7 Å². The summed E-state index contributed by atoms with van der Waals surface area (Å²) in [5.41, 5.74) is -0.401. The van der Waals surface area contributed by atoms with Crippen LogP contribution in [0.25, 0.3) is 0 Å². The molecule has 1 atom stereocenters. The summed E-state index contributed by atoms with van der Waals surface area (Å²) in [4.78, 5) is 24.1. The maximum absolute atomic E-state index is 11.9. The van der Waals surface area contributed by atoms with Crippen molar-refractivity contribution in [1.29, 1.82) is 0 Å². The lowest BCUT2D eigenvalue weighted by atomic mass is 10.0. The van der Waals surface area contributed by atoms with Gasteiger partial charge in [0.25, 0.3) is 0 Å². The van der Waals surface area contributed by atoms with Gasteiger partial charge in [-0.25, -0.2) is 9.59 Å². The quantitative estimate of drug-likeness (QED) is 0.770. The van der Waals surface area contributed by atoms with Crippen LogP contribution in [0.5, 0.6) is 0 Å². The van der Waals surface area contributed by atoms with Gasteiger partial charge in [0.2, 0.25) is 0 Å². The van der Waals surface area contributed by atoms with Crippen molar-refractivity contribution in [2.75, 3.05) is 13.2 Å². The van der Waals surface area contributed by atoms with Gasteiger partial charge in [0.1, 0.15) is 5.60 Å². The van der Waals surface area contributed by atoms with Crippen LogP contribution >= 0.6 is 0 Å². The third-order valence-corrected chi connectivity index (χ3v) is 2.54. The number of hydrogen-bond acceptors (Lipinski definition) is 4. The number of carboxylic acids is 1. The SMILES string of the molecule is CC(C)(C)OC(=O)N1CC=C(C(=O)O)CC1CO. The standard InChI is InChI=1S/C12H19NO5/c1-12(2,3)18-11(17)13-5-4-8(10(15)16)6-9(13)7-14/h4,9,14H,5-7H2,1-3H3,(H,15,16). The molecule has 6 heteroatoms. The lowest BCUT2D eigenvalue weighted by Crippen LogP contribution is -2.47. The Bertz CT molecular complexity index is 369. The summed E-state index contributed by atoms with van der Waals surface area (Å²) in [6.45, 7) is 5.11. The van der Waals surface area contributed by atoms with Crippen LogP contribution in [0.2, 0.25) is 0 Å². The van der Waals surface area contributed by atoms with Crippen LogP contribution < -0.4 is 0 Å². The molecule has 0 bridgehead atoms. The second-order valence-electron chi connectivity index (χ2n) is 5.21. The highest BCUT2D eigenvalue weighted by molar-refractivity contribution is 5.87. The molecule has 1 aliphatic heterocycles. The Morgan fingerprint density at radius 3 is 2.56 bits per heavy atom. The molecule has 0 saturated heterocycles. The molecule has 0 radical (unpaired) electrons. The van der Waals surface area contributed by atoms with Crippen molar-refractivity contribution in [2.24, 2.45) is 0 Å². The molecule has 1 unspecified atom stereocenters. The molecule has 1 heterocycles. The van der Waals surface area contributed by atoms with Crippen molar-refractivity contribution >= 4 is 12.1 Å².